The average molecular weight is 294 g/mol. The number of rotatable bonds is 5. The van der Waals surface area contributed by atoms with Crippen LogP contribution in [0.25, 0.3) is 0 Å². The average Bonchev–Trinajstić information content (AvgIpc) is 2.37. The molecule has 0 bridgehead atoms. The van der Waals surface area contributed by atoms with Crippen LogP contribution in [0.3, 0.4) is 0 Å². The van der Waals surface area contributed by atoms with Crippen LogP contribution in [0.4, 0.5) is 0 Å². The van der Waals surface area contributed by atoms with Crippen LogP contribution >= 0.6 is 23.4 Å². The standard InChI is InChI=1S/C14H16ClN3S/c1-10-8-11(6-7-16)18-14(17-10)9-19-13-5-3-2-4-12(13)15/h2-5,8H,6-7,9,16H2,1H3. The van der Waals surface area contributed by atoms with Crippen molar-refractivity contribution >= 4 is 23.4 Å². The SMILES string of the molecule is Cc1cc(CCN)nc(CSc2ccccc2Cl)n1. The van der Waals surface area contributed by atoms with Gasteiger partial charge in [-0.25, -0.2) is 9.97 Å². The van der Waals surface area contributed by atoms with Gasteiger partial charge in [0.2, 0.25) is 0 Å². The summed E-state index contributed by atoms with van der Waals surface area (Å²) in [7, 11) is 0. The molecule has 0 aliphatic rings. The largest absolute Gasteiger partial charge is 0.330 e. The van der Waals surface area contributed by atoms with Gasteiger partial charge in [-0.3, -0.25) is 0 Å². The van der Waals surface area contributed by atoms with Crippen LogP contribution in [0.2, 0.25) is 5.02 Å². The lowest BCUT2D eigenvalue weighted by molar-refractivity contribution is 0.871. The maximum absolute atomic E-state index is 6.12. The smallest absolute Gasteiger partial charge is 0.139 e. The van der Waals surface area contributed by atoms with Crippen molar-refractivity contribution in [2.75, 3.05) is 6.54 Å². The molecule has 0 unspecified atom stereocenters. The second-order valence-corrected chi connectivity index (χ2v) is 5.60. The molecule has 1 aromatic carbocycles. The van der Waals surface area contributed by atoms with Gasteiger partial charge in [0.1, 0.15) is 5.82 Å². The molecule has 0 aliphatic heterocycles. The zero-order chi connectivity index (χ0) is 13.7. The molecule has 0 fully saturated rings. The Morgan fingerprint density at radius 2 is 2.05 bits per heavy atom. The Morgan fingerprint density at radius 1 is 1.26 bits per heavy atom. The Labute approximate surface area is 122 Å². The Morgan fingerprint density at radius 3 is 2.79 bits per heavy atom. The van der Waals surface area contributed by atoms with Crippen molar-refractivity contribution in [1.29, 1.82) is 0 Å². The van der Waals surface area contributed by atoms with E-state index in [4.69, 9.17) is 17.3 Å². The molecular formula is C14H16ClN3S. The molecular weight excluding hydrogens is 278 g/mol. The van der Waals surface area contributed by atoms with Gasteiger partial charge in [-0.2, -0.15) is 0 Å². The van der Waals surface area contributed by atoms with Gasteiger partial charge in [-0.1, -0.05) is 23.7 Å². The van der Waals surface area contributed by atoms with Crippen LogP contribution < -0.4 is 5.73 Å². The Balaban J connectivity index is 2.09. The predicted octanol–water partition coefficient (Wildman–Crippen LogP) is 3.23. The second-order valence-electron chi connectivity index (χ2n) is 4.17. The molecule has 0 saturated carbocycles. The highest BCUT2D eigenvalue weighted by Crippen LogP contribution is 2.28. The van der Waals surface area contributed by atoms with Crippen molar-refractivity contribution in [3.8, 4) is 0 Å². The van der Waals surface area contributed by atoms with E-state index in [1.54, 1.807) is 11.8 Å². The summed E-state index contributed by atoms with van der Waals surface area (Å²) in [4.78, 5) is 10.0. The lowest BCUT2D eigenvalue weighted by Gasteiger charge is -2.06. The highest BCUT2D eigenvalue weighted by molar-refractivity contribution is 7.98. The molecule has 0 spiro atoms. The molecule has 0 amide bonds. The molecule has 1 aromatic heterocycles. The molecule has 2 N–H and O–H groups in total. The molecule has 2 aromatic rings. The van der Waals surface area contributed by atoms with Crippen molar-refractivity contribution in [2.24, 2.45) is 5.73 Å². The summed E-state index contributed by atoms with van der Waals surface area (Å²) >= 11 is 7.77. The zero-order valence-electron chi connectivity index (χ0n) is 10.8. The number of nitrogens with two attached hydrogens (primary N) is 1. The molecule has 0 saturated heterocycles. The van der Waals surface area contributed by atoms with Gasteiger partial charge in [0.05, 0.1) is 10.8 Å². The third-order valence-corrected chi connectivity index (χ3v) is 4.06. The molecule has 0 atom stereocenters. The second kappa shape index (κ2) is 6.89. The lowest BCUT2D eigenvalue weighted by atomic mass is 10.2. The van der Waals surface area contributed by atoms with Gasteiger partial charge < -0.3 is 5.73 Å². The van der Waals surface area contributed by atoms with Crippen LogP contribution in [0.15, 0.2) is 35.2 Å². The normalized spacial score (nSPS) is 10.7. The fraction of sp³-hybridized carbons (Fsp3) is 0.286. The van der Waals surface area contributed by atoms with Crippen LogP contribution in [-0.2, 0) is 12.2 Å². The molecule has 3 nitrogen and oxygen atoms in total. The summed E-state index contributed by atoms with van der Waals surface area (Å²) in [6.45, 7) is 2.58. The van der Waals surface area contributed by atoms with Gasteiger partial charge in [0.15, 0.2) is 0 Å². The van der Waals surface area contributed by atoms with E-state index in [1.165, 1.54) is 0 Å². The van der Waals surface area contributed by atoms with E-state index in [1.807, 2.05) is 37.3 Å². The van der Waals surface area contributed by atoms with Crippen LogP contribution in [0.5, 0.6) is 0 Å². The predicted molar refractivity (Wildman–Crippen MR) is 80.5 cm³/mol. The third-order valence-electron chi connectivity index (χ3n) is 2.55. The Bertz CT molecular complexity index is 560. The summed E-state index contributed by atoms with van der Waals surface area (Å²) in [5, 5.41) is 0.766. The number of aromatic nitrogens is 2. The fourth-order valence-electron chi connectivity index (χ4n) is 1.74. The van der Waals surface area contributed by atoms with Gasteiger partial charge in [0.25, 0.3) is 0 Å². The monoisotopic (exact) mass is 293 g/mol. The van der Waals surface area contributed by atoms with Gasteiger partial charge in [0, 0.05) is 22.7 Å². The maximum Gasteiger partial charge on any atom is 0.139 e. The zero-order valence-corrected chi connectivity index (χ0v) is 12.3. The highest BCUT2D eigenvalue weighted by atomic mass is 35.5. The minimum Gasteiger partial charge on any atom is -0.330 e. The Kier molecular flexibility index (Phi) is 5.19. The quantitative estimate of drug-likeness (QED) is 0.860. The van der Waals surface area contributed by atoms with Crippen LogP contribution in [0.1, 0.15) is 17.2 Å². The van der Waals surface area contributed by atoms with E-state index < -0.39 is 0 Å². The molecule has 2 rings (SSSR count). The molecule has 100 valence electrons. The van der Waals surface area contributed by atoms with Crippen molar-refractivity contribution < 1.29 is 0 Å². The van der Waals surface area contributed by atoms with Crippen molar-refractivity contribution in [3.05, 3.63) is 52.6 Å². The highest BCUT2D eigenvalue weighted by Gasteiger charge is 2.05. The first-order chi connectivity index (χ1) is 9.19. The number of benzene rings is 1. The summed E-state index contributed by atoms with van der Waals surface area (Å²) in [5.41, 5.74) is 7.55. The van der Waals surface area contributed by atoms with E-state index in [0.29, 0.717) is 12.3 Å². The third kappa shape index (κ3) is 4.20. The van der Waals surface area contributed by atoms with Crippen molar-refractivity contribution in [3.63, 3.8) is 0 Å². The molecule has 0 aliphatic carbocycles. The fourth-order valence-corrected chi connectivity index (χ4v) is 2.84. The number of aryl methyl sites for hydroxylation is 1. The van der Waals surface area contributed by atoms with Crippen molar-refractivity contribution in [2.45, 2.75) is 24.0 Å². The molecule has 5 heteroatoms. The molecule has 0 radical (unpaired) electrons. The number of halogens is 1. The number of hydrogen-bond donors (Lipinski definition) is 1. The van der Waals surface area contributed by atoms with Gasteiger partial charge in [-0.15, -0.1) is 11.8 Å². The molecule has 19 heavy (non-hydrogen) atoms. The summed E-state index contributed by atoms with van der Waals surface area (Å²) in [6.07, 6.45) is 0.785. The van der Waals surface area contributed by atoms with E-state index >= 15 is 0 Å². The van der Waals surface area contributed by atoms with E-state index in [9.17, 15) is 0 Å². The van der Waals surface area contributed by atoms with Gasteiger partial charge >= 0.3 is 0 Å². The van der Waals surface area contributed by atoms with E-state index in [2.05, 4.69) is 9.97 Å². The number of nitrogens with zero attached hydrogens (tertiary/aromatic N) is 2. The minimum absolute atomic E-state index is 0.605. The number of thioether (sulfide) groups is 1. The first-order valence-electron chi connectivity index (χ1n) is 6.10. The topological polar surface area (TPSA) is 51.8 Å². The van der Waals surface area contributed by atoms with E-state index in [-0.39, 0.29) is 0 Å². The summed E-state index contributed by atoms with van der Waals surface area (Å²) in [6, 6.07) is 9.78. The lowest BCUT2D eigenvalue weighted by Crippen LogP contribution is -2.07. The minimum atomic E-state index is 0.605. The van der Waals surface area contributed by atoms with Crippen molar-refractivity contribution in [1.82, 2.24) is 9.97 Å². The Hall–Kier alpha value is -1.10. The first kappa shape index (κ1) is 14.3. The number of hydrogen-bond acceptors (Lipinski definition) is 4. The maximum atomic E-state index is 6.12. The van der Waals surface area contributed by atoms with E-state index in [0.717, 1.165) is 33.6 Å². The van der Waals surface area contributed by atoms with Crippen LogP contribution in [-0.4, -0.2) is 16.5 Å². The summed E-state index contributed by atoms with van der Waals surface area (Å²) < 4.78 is 0. The van der Waals surface area contributed by atoms with Crippen LogP contribution in [0, 0.1) is 6.92 Å². The molecule has 1 heterocycles. The first-order valence-corrected chi connectivity index (χ1v) is 7.46. The van der Waals surface area contributed by atoms with Gasteiger partial charge in [-0.05, 0) is 31.7 Å². The summed E-state index contributed by atoms with van der Waals surface area (Å²) in [5.74, 6) is 1.54.